The first-order valence-corrected chi connectivity index (χ1v) is 7.51. The molecule has 0 radical (unpaired) electrons. The Morgan fingerprint density at radius 3 is 2.82 bits per heavy atom. The van der Waals surface area contributed by atoms with Crippen molar-refractivity contribution in [2.75, 3.05) is 18.8 Å². The summed E-state index contributed by atoms with van der Waals surface area (Å²) in [4.78, 5) is 0. The highest BCUT2D eigenvalue weighted by Crippen LogP contribution is 2.13. The van der Waals surface area contributed by atoms with Crippen LogP contribution in [0.1, 0.15) is 18.6 Å². The van der Waals surface area contributed by atoms with E-state index in [2.05, 4.69) is 10.0 Å². The van der Waals surface area contributed by atoms with Crippen molar-refractivity contribution in [2.45, 2.75) is 19.4 Å². The summed E-state index contributed by atoms with van der Waals surface area (Å²) in [6.45, 7) is 2.07. The van der Waals surface area contributed by atoms with E-state index in [4.69, 9.17) is 4.42 Å². The lowest BCUT2D eigenvalue weighted by Gasteiger charge is -2.22. The Morgan fingerprint density at radius 2 is 2.18 bits per heavy atom. The van der Waals surface area contributed by atoms with Gasteiger partial charge in [-0.2, -0.15) is 0 Å². The molecule has 96 valence electrons. The molecule has 2 N–H and O–H groups in total. The number of hydrogen-bond donors (Lipinski definition) is 2. The standard InChI is InChI=1S/C11H18N2O3S/c14-17(15,9-10-3-5-12-6-4-10)13-8-11-2-1-7-16-11/h1-2,7,10,12-13H,3-6,8-9H2. The highest BCUT2D eigenvalue weighted by Gasteiger charge is 2.20. The summed E-state index contributed by atoms with van der Waals surface area (Å²) >= 11 is 0. The molecule has 0 aliphatic carbocycles. The zero-order valence-corrected chi connectivity index (χ0v) is 10.5. The zero-order valence-electron chi connectivity index (χ0n) is 9.69. The van der Waals surface area contributed by atoms with Crippen LogP contribution in [0.3, 0.4) is 0 Å². The number of hydrogen-bond acceptors (Lipinski definition) is 4. The van der Waals surface area contributed by atoms with Gasteiger partial charge in [-0.15, -0.1) is 0 Å². The molecule has 17 heavy (non-hydrogen) atoms. The monoisotopic (exact) mass is 258 g/mol. The fourth-order valence-corrected chi connectivity index (χ4v) is 3.45. The molecule has 1 saturated heterocycles. The molecule has 0 amide bonds. The van der Waals surface area contributed by atoms with E-state index in [1.54, 1.807) is 12.1 Å². The van der Waals surface area contributed by atoms with Gasteiger partial charge in [0.25, 0.3) is 0 Å². The minimum atomic E-state index is -3.20. The van der Waals surface area contributed by atoms with E-state index in [0.717, 1.165) is 25.9 Å². The summed E-state index contributed by atoms with van der Waals surface area (Å²) in [7, 11) is -3.20. The van der Waals surface area contributed by atoms with Gasteiger partial charge in [-0.25, -0.2) is 13.1 Å². The zero-order chi connectivity index (χ0) is 12.1. The molecule has 6 heteroatoms. The molecule has 1 fully saturated rings. The second-order valence-electron chi connectivity index (χ2n) is 4.38. The average molecular weight is 258 g/mol. The van der Waals surface area contributed by atoms with Crippen molar-refractivity contribution in [3.05, 3.63) is 24.2 Å². The lowest BCUT2D eigenvalue weighted by molar-refractivity contribution is 0.399. The third-order valence-corrected chi connectivity index (χ3v) is 4.45. The lowest BCUT2D eigenvalue weighted by Crippen LogP contribution is -2.35. The maximum atomic E-state index is 11.8. The number of rotatable bonds is 5. The molecular formula is C11H18N2O3S. The number of nitrogens with one attached hydrogen (secondary N) is 2. The van der Waals surface area contributed by atoms with E-state index in [-0.39, 0.29) is 18.2 Å². The molecule has 0 atom stereocenters. The first kappa shape index (κ1) is 12.6. The highest BCUT2D eigenvalue weighted by atomic mass is 32.2. The number of piperidine rings is 1. The molecule has 1 aromatic rings. The molecule has 1 aliphatic rings. The van der Waals surface area contributed by atoms with E-state index >= 15 is 0 Å². The summed E-state index contributed by atoms with van der Waals surface area (Å²) in [6.07, 6.45) is 3.40. The van der Waals surface area contributed by atoms with E-state index in [0.29, 0.717) is 5.76 Å². The van der Waals surface area contributed by atoms with Crippen LogP contribution in [0.2, 0.25) is 0 Å². The van der Waals surface area contributed by atoms with Crippen LogP contribution in [-0.2, 0) is 16.6 Å². The second-order valence-corrected chi connectivity index (χ2v) is 6.23. The van der Waals surface area contributed by atoms with Crippen molar-refractivity contribution in [3.63, 3.8) is 0 Å². The van der Waals surface area contributed by atoms with Crippen LogP contribution in [0.5, 0.6) is 0 Å². The van der Waals surface area contributed by atoms with Crippen LogP contribution in [0.4, 0.5) is 0 Å². The molecule has 0 unspecified atom stereocenters. The van der Waals surface area contributed by atoms with Gasteiger partial charge in [-0.3, -0.25) is 0 Å². The molecule has 1 aromatic heterocycles. The Bertz CT molecular complexity index is 422. The van der Waals surface area contributed by atoms with Gasteiger partial charge in [-0.1, -0.05) is 0 Å². The van der Waals surface area contributed by atoms with Crippen LogP contribution < -0.4 is 10.0 Å². The van der Waals surface area contributed by atoms with Crippen molar-refractivity contribution < 1.29 is 12.8 Å². The third-order valence-electron chi connectivity index (χ3n) is 2.96. The summed E-state index contributed by atoms with van der Waals surface area (Å²) in [5.41, 5.74) is 0. The van der Waals surface area contributed by atoms with Gasteiger partial charge in [0, 0.05) is 0 Å². The maximum Gasteiger partial charge on any atom is 0.212 e. The van der Waals surface area contributed by atoms with Gasteiger partial charge in [-0.05, 0) is 44.0 Å². The normalized spacial score (nSPS) is 18.4. The average Bonchev–Trinajstić information content (AvgIpc) is 2.80. The Labute approximate surface area is 102 Å². The fraction of sp³-hybridized carbons (Fsp3) is 0.636. The minimum Gasteiger partial charge on any atom is -0.468 e. The lowest BCUT2D eigenvalue weighted by atomic mass is 10.0. The van der Waals surface area contributed by atoms with Crippen LogP contribution in [0.15, 0.2) is 22.8 Å². The molecule has 0 aromatic carbocycles. The summed E-state index contributed by atoms with van der Waals surface area (Å²) in [5, 5.41) is 3.22. The fourth-order valence-electron chi connectivity index (χ4n) is 2.01. The van der Waals surface area contributed by atoms with Gasteiger partial charge in [0.2, 0.25) is 10.0 Å². The third kappa shape index (κ3) is 4.14. The number of furan rings is 1. The van der Waals surface area contributed by atoms with Crippen molar-refractivity contribution >= 4 is 10.0 Å². The minimum absolute atomic E-state index is 0.218. The Balaban J connectivity index is 1.81. The van der Waals surface area contributed by atoms with E-state index < -0.39 is 10.0 Å². The van der Waals surface area contributed by atoms with Crippen LogP contribution in [0, 0.1) is 5.92 Å². The molecule has 0 saturated carbocycles. The molecule has 2 heterocycles. The van der Waals surface area contributed by atoms with E-state index in [1.165, 1.54) is 6.26 Å². The van der Waals surface area contributed by atoms with Gasteiger partial charge >= 0.3 is 0 Å². The summed E-state index contributed by atoms with van der Waals surface area (Å²) in [5.74, 6) is 1.12. The summed E-state index contributed by atoms with van der Waals surface area (Å²) in [6, 6.07) is 3.50. The predicted octanol–water partition coefficient (Wildman–Crippen LogP) is 0.699. The maximum absolute atomic E-state index is 11.8. The Kier molecular flexibility index (Phi) is 4.20. The topological polar surface area (TPSA) is 71.3 Å². The van der Waals surface area contributed by atoms with Gasteiger partial charge in [0.05, 0.1) is 18.6 Å². The van der Waals surface area contributed by atoms with Gasteiger partial charge < -0.3 is 9.73 Å². The molecule has 2 rings (SSSR count). The largest absolute Gasteiger partial charge is 0.468 e. The van der Waals surface area contributed by atoms with E-state index in [1.807, 2.05) is 0 Å². The SMILES string of the molecule is O=S(=O)(CC1CCNCC1)NCc1ccco1. The van der Waals surface area contributed by atoms with Crippen LogP contribution in [-0.4, -0.2) is 27.3 Å². The smallest absolute Gasteiger partial charge is 0.212 e. The quantitative estimate of drug-likeness (QED) is 0.815. The van der Waals surface area contributed by atoms with Crippen molar-refractivity contribution in [2.24, 2.45) is 5.92 Å². The number of sulfonamides is 1. The molecule has 5 nitrogen and oxygen atoms in total. The van der Waals surface area contributed by atoms with Crippen LogP contribution >= 0.6 is 0 Å². The van der Waals surface area contributed by atoms with Crippen molar-refractivity contribution in [1.29, 1.82) is 0 Å². The van der Waals surface area contributed by atoms with Crippen molar-refractivity contribution in [1.82, 2.24) is 10.0 Å². The molecule has 0 bridgehead atoms. The Morgan fingerprint density at radius 1 is 1.41 bits per heavy atom. The molecule has 0 spiro atoms. The molecule has 1 aliphatic heterocycles. The van der Waals surface area contributed by atoms with Crippen molar-refractivity contribution in [3.8, 4) is 0 Å². The highest BCUT2D eigenvalue weighted by molar-refractivity contribution is 7.89. The molecular weight excluding hydrogens is 240 g/mol. The first-order chi connectivity index (χ1) is 8.16. The second kappa shape index (κ2) is 5.66. The summed E-state index contributed by atoms with van der Waals surface area (Å²) < 4.78 is 31.3. The van der Waals surface area contributed by atoms with Crippen LogP contribution in [0.25, 0.3) is 0 Å². The van der Waals surface area contributed by atoms with Gasteiger partial charge in [0.15, 0.2) is 0 Å². The Hall–Kier alpha value is -0.850. The predicted molar refractivity (Wildman–Crippen MR) is 64.9 cm³/mol. The first-order valence-electron chi connectivity index (χ1n) is 5.86. The van der Waals surface area contributed by atoms with Gasteiger partial charge in [0.1, 0.15) is 5.76 Å². The van der Waals surface area contributed by atoms with E-state index in [9.17, 15) is 8.42 Å².